The summed E-state index contributed by atoms with van der Waals surface area (Å²) < 4.78 is 0. The lowest BCUT2D eigenvalue weighted by molar-refractivity contribution is 0.00811. The zero-order valence-electron chi connectivity index (χ0n) is 12.2. The number of nitriles is 1. The number of fused-ring (bicyclic) bond motifs is 2. The van der Waals surface area contributed by atoms with Crippen molar-refractivity contribution in [1.82, 2.24) is 0 Å². The van der Waals surface area contributed by atoms with Crippen LogP contribution in [0.5, 0.6) is 0 Å². The fourth-order valence-electron chi connectivity index (χ4n) is 4.04. The number of hydrogen-bond donors (Lipinski definition) is 1. The van der Waals surface area contributed by atoms with Gasteiger partial charge in [0.05, 0.1) is 17.1 Å². The van der Waals surface area contributed by atoms with Crippen molar-refractivity contribution < 1.29 is 5.11 Å². The fourth-order valence-corrected chi connectivity index (χ4v) is 5.94. The van der Waals surface area contributed by atoms with Crippen molar-refractivity contribution in [3.05, 3.63) is 35.4 Å². The van der Waals surface area contributed by atoms with Crippen LogP contribution in [0.3, 0.4) is 0 Å². The second-order valence-corrected chi connectivity index (χ2v) is 8.63. The number of nitrogens with zero attached hydrogens (tertiary/aromatic N) is 1. The summed E-state index contributed by atoms with van der Waals surface area (Å²) in [5.74, 6) is 0. The van der Waals surface area contributed by atoms with E-state index in [0.29, 0.717) is 10.5 Å². The van der Waals surface area contributed by atoms with Crippen LogP contribution in [0.4, 0.5) is 0 Å². The van der Waals surface area contributed by atoms with E-state index in [2.05, 4.69) is 42.1 Å². The molecule has 0 spiro atoms. The minimum Gasteiger partial charge on any atom is -0.385 e. The van der Waals surface area contributed by atoms with Crippen molar-refractivity contribution in [3.8, 4) is 6.07 Å². The van der Waals surface area contributed by atoms with Gasteiger partial charge in [-0.15, -0.1) is 0 Å². The van der Waals surface area contributed by atoms with Crippen LogP contribution in [-0.2, 0) is 11.0 Å². The van der Waals surface area contributed by atoms with E-state index in [0.717, 1.165) is 36.8 Å². The van der Waals surface area contributed by atoms with Gasteiger partial charge in [0.2, 0.25) is 0 Å². The van der Waals surface area contributed by atoms with Crippen LogP contribution < -0.4 is 0 Å². The van der Waals surface area contributed by atoms with Gasteiger partial charge in [0, 0.05) is 10.5 Å². The van der Waals surface area contributed by atoms with Gasteiger partial charge in [-0.1, -0.05) is 30.7 Å². The Labute approximate surface area is 130 Å². The molecular formula is C18H21NOS. The molecule has 2 bridgehead atoms. The first kappa shape index (κ1) is 13.7. The summed E-state index contributed by atoms with van der Waals surface area (Å²) in [6, 6.07) is 10.7. The van der Waals surface area contributed by atoms with E-state index >= 15 is 0 Å². The maximum Gasteiger partial charge on any atom is 0.0917 e. The van der Waals surface area contributed by atoms with Crippen LogP contribution >= 0.6 is 11.8 Å². The van der Waals surface area contributed by atoms with E-state index in [1.807, 2.05) is 0 Å². The summed E-state index contributed by atoms with van der Waals surface area (Å²) >= 11 is 2.09. The number of aliphatic hydroxyl groups is 1. The Kier molecular flexibility index (Phi) is 3.10. The van der Waals surface area contributed by atoms with Gasteiger partial charge in [-0.05, 0) is 49.7 Å². The SMILES string of the molecule is N#CC1(c2ccc(C3(O)CC4CCCC(C3)S4)cc2)CC1. The maximum atomic E-state index is 11.1. The Balaban J connectivity index is 1.60. The van der Waals surface area contributed by atoms with Gasteiger partial charge in [0.25, 0.3) is 0 Å². The Hall–Kier alpha value is -0.980. The van der Waals surface area contributed by atoms with Crippen LogP contribution in [0, 0.1) is 11.3 Å². The summed E-state index contributed by atoms with van der Waals surface area (Å²) in [5.41, 5.74) is 1.31. The summed E-state index contributed by atoms with van der Waals surface area (Å²) in [7, 11) is 0. The molecule has 2 aliphatic heterocycles. The standard InChI is InChI=1S/C18H21NOS/c19-12-17(8-9-17)13-4-6-14(7-5-13)18(20)10-15-2-1-3-16(11-18)21-15/h4-7,15-16,20H,1-3,8-11H2. The molecule has 110 valence electrons. The topological polar surface area (TPSA) is 44.0 Å². The van der Waals surface area contributed by atoms with E-state index in [1.54, 1.807) is 0 Å². The molecule has 3 aliphatic rings. The van der Waals surface area contributed by atoms with Gasteiger partial charge in [-0.2, -0.15) is 17.0 Å². The number of hydrogen-bond acceptors (Lipinski definition) is 3. The van der Waals surface area contributed by atoms with Crippen molar-refractivity contribution in [2.24, 2.45) is 0 Å². The van der Waals surface area contributed by atoms with Crippen LogP contribution in [0.25, 0.3) is 0 Å². The highest BCUT2D eigenvalue weighted by Crippen LogP contribution is 2.51. The molecule has 1 aromatic carbocycles. The molecule has 4 rings (SSSR count). The van der Waals surface area contributed by atoms with Gasteiger partial charge in [0.15, 0.2) is 0 Å². The second-order valence-electron chi connectivity index (χ2n) is 7.02. The molecule has 3 heteroatoms. The van der Waals surface area contributed by atoms with Gasteiger partial charge < -0.3 is 5.11 Å². The summed E-state index contributed by atoms with van der Waals surface area (Å²) in [6.07, 6.45) is 7.55. The van der Waals surface area contributed by atoms with Crippen molar-refractivity contribution >= 4 is 11.8 Å². The highest BCUT2D eigenvalue weighted by Gasteiger charge is 2.46. The van der Waals surface area contributed by atoms with Crippen LogP contribution in [0.15, 0.2) is 24.3 Å². The quantitative estimate of drug-likeness (QED) is 0.901. The molecule has 1 aliphatic carbocycles. The molecule has 2 unspecified atom stereocenters. The molecule has 2 saturated heterocycles. The Morgan fingerprint density at radius 3 is 2.14 bits per heavy atom. The van der Waals surface area contributed by atoms with E-state index in [-0.39, 0.29) is 5.41 Å². The lowest BCUT2D eigenvalue weighted by Gasteiger charge is -2.44. The minimum atomic E-state index is -0.650. The van der Waals surface area contributed by atoms with Gasteiger partial charge in [-0.25, -0.2) is 0 Å². The predicted octanol–water partition coefficient (Wildman–Crippen LogP) is 3.88. The summed E-state index contributed by atoms with van der Waals surface area (Å²) in [4.78, 5) is 0. The lowest BCUT2D eigenvalue weighted by atomic mass is 9.80. The third-order valence-electron chi connectivity index (χ3n) is 5.51. The molecule has 2 nitrogen and oxygen atoms in total. The van der Waals surface area contributed by atoms with Gasteiger partial charge in [0.1, 0.15) is 0 Å². The zero-order valence-corrected chi connectivity index (χ0v) is 13.0. The lowest BCUT2D eigenvalue weighted by Crippen LogP contribution is -2.40. The first-order valence-electron chi connectivity index (χ1n) is 8.04. The molecule has 1 saturated carbocycles. The number of rotatable bonds is 2. The smallest absolute Gasteiger partial charge is 0.0917 e. The molecule has 0 amide bonds. The molecule has 2 heterocycles. The normalized spacial score (nSPS) is 36.8. The zero-order chi connectivity index (χ0) is 14.5. The van der Waals surface area contributed by atoms with Crippen molar-refractivity contribution in [2.75, 3.05) is 0 Å². The highest BCUT2D eigenvalue weighted by molar-refractivity contribution is 8.00. The molecule has 2 atom stereocenters. The molecule has 0 aromatic heterocycles. The third kappa shape index (κ3) is 2.29. The van der Waals surface area contributed by atoms with E-state index in [9.17, 15) is 10.4 Å². The van der Waals surface area contributed by atoms with Crippen LogP contribution in [0.1, 0.15) is 56.1 Å². The Morgan fingerprint density at radius 1 is 1.05 bits per heavy atom. The largest absolute Gasteiger partial charge is 0.385 e. The molecule has 21 heavy (non-hydrogen) atoms. The molecule has 1 aromatic rings. The van der Waals surface area contributed by atoms with E-state index in [4.69, 9.17) is 0 Å². The van der Waals surface area contributed by atoms with Crippen LogP contribution in [-0.4, -0.2) is 15.6 Å². The third-order valence-corrected chi connectivity index (χ3v) is 7.08. The minimum absolute atomic E-state index is 0.222. The van der Waals surface area contributed by atoms with Crippen LogP contribution in [0.2, 0.25) is 0 Å². The fraction of sp³-hybridized carbons (Fsp3) is 0.611. The first-order valence-corrected chi connectivity index (χ1v) is 8.98. The Bertz CT molecular complexity index is 572. The predicted molar refractivity (Wildman–Crippen MR) is 85.1 cm³/mol. The second kappa shape index (κ2) is 4.76. The summed E-state index contributed by atoms with van der Waals surface area (Å²) in [6.45, 7) is 0. The molecular weight excluding hydrogens is 278 g/mol. The highest BCUT2D eigenvalue weighted by atomic mass is 32.2. The monoisotopic (exact) mass is 299 g/mol. The van der Waals surface area contributed by atoms with Gasteiger partial charge in [-0.3, -0.25) is 0 Å². The maximum absolute atomic E-state index is 11.1. The Morgan fingerprint density at radius 2 is 1.62 bits per heavy atom. The number of thioether (sulfide) groups is 1. The van der Waals surface area contributed by atoms with Crippen molar-refractivity contribution in [3.63, 3.8) is 0 Å². The molecule has 1 N–H and O–H groups in total. The van der Waals surface area contributed by atoms with E-state index in [1.165, 1.54) is 19.3 Å². The first-order chi connectivity index (χ1) is 10.1. The van der Waals surface area contributed by atoms with Gasteiger partial charge >= 0.3 is 0 Å². The molecule has 3 fully saturated rings. The van der Waals surface area contributed by atoms with E-state index < -0.39 is 5.60 Å². The average molecular weight is 299 g/mol. The number of benzene rings is 1. The average Bonchev–Trinajstić information content (AvgIpc) is 3.28. The summed E-state index contributed by atoms with van der Waals surface area (Å²) in [5, 5.41) is 21.7. The van der Waals surface area contributed by atoms with Crippen molar-refractivity contribution in [1.29, 1.82) is 5.26 Å². The van der Waals surface area contributed by atoms with Crippen molar-refractivity contribution in [2.45, 2.75) is 66.5 Å². The molecule has 0 radical (unpaired) electrons.